The number of hydrogen-bond donors (Lipinski definition) is 1. The van der Waals surface area contributed by atoms with Crippen LogP contribution < -0.4 is 5.32 Å². The van der Waals surface area contributed by atoms with Crippen molar-refractivity contribution in [2.45, 2.75) is 77.5 Å². The van der Waals surface area contributed by atoms with Gasteiger partial charge in [-0.1, -0.05) is 6.92 Å². The summed E-state index contributed by atoms with van der Waals surface area (Å²) in [4.78, 5) is 10.6. The van der Waals surface area contributed by atoms with Crippen LogP contribution in [0.2, 0.25) is 0 Å². The summed E-state index contributed by atoms with van der Waals surface area (Å²) in [6.07, 6.45) is 6.25. The summed E-state index contributed by atoms with van der Waals surface area (Å²) in [6, 6.07) is 1.84. The SMILES string of the molecule is C1CC2CCC1N2.CCC(=O)OC(C)(C)C. The molecule has 0 unspecified atom stereocenters. The fourth-order valence-electron chi connectivity index (χ4n) is 2.17. The first-order valence-corrected chi connectivity index (χ1v) is 6.38. The minimum atomic E-state index is -0.326. The Bertz CT molecular complexity index is 215. The lowest BCUT2D eigenvalue weighted by atomic mass is 10.0. The van der Waals surface area contributed by atoms with Crippen molar-refractivity contribution in [3.63, 3.8) is 0 Å². The first-order valence-electron chi connectivity index (χ1n) is 6.38. The highest BCUT2D eigenvalue weighted by atomic mass is 16.6. The summed E-state index contributed by atoms with van der Waals surface area (Å²) in [7, 11) is 0. The molecule has 16 heavy (non-hydrogen) atoms. The number of carbonyl (C=O) groups is 1. The number of esters is 1. The fourth-order valence-corrected chi connectivity index (χ4v) is 2.17. The van der Waals surface area contributed by atoms with E-state index in [1.165, 1.54) is 25.7 Å². The molecule has 0 aromatic heterocycles. The molecule has 1 N–H and O–H groups in total. The van der Waals surface area contributed by atoms with Gasteiger partial charge in [-0.05, 0) is 46.5 Å². The number of ether oxygens (including phenoxy) is 1. The average molecular weight is 227 g/mol. The van der Waals surface area contributed by atoms with E-state index in [1.54, 1.807) is 6.92 Å². The number of hydrogen-bond acceptors (Lipinski definition) is 3. The highest BCUT2D eigenvalue weighted by Gasteiger charge is 2.29. The summed E-state index contributed by atoms with van der Waals surface area (Å²) >= 11 is 0. The summed E-state index contributed by atoms with van der Waals surface area (Å²) in [6.45, 7) is 7.37. The number of nitrogens with one attached hydrogen (secondary N) is 1. The molecule has 0 amide bonds. The second-order valence-corrected chi connectivity index (χ2v) is 5.66. The van der Waals surface area contributed by atoms with Crippen molar-refractivity contribution in [2.75, 3.05) is 0 Å². The van der Waals surface area contributed by atoms with Crippen LogP contribution in [0.3, 0.4) is 0 Å². The molecule has 2 aliphatic heterocycles. The molecule has 2 bridgehead atoms. The first-order chi connectivity index (χ1) is 7.40. The lowest BCUT2D eigenvalue weighted by Gasteiger charge is -2.18. The van der Waals surface area contributed by atoms with Crippen molar-refractivity contribution >= 4 is 5.97 Å². The van der Waals surface area contributed by atoms with Gasteiger partial charge in [0.2, 0.25) is 0 Å². The standard InChI is InChI=1S/C7H14O2.C6H11N/c1-5-6(8)9-7(2,3)4;1-2-6-4-3-5(1)7-6/h5H2,1-4H3;5-7H,1-4H2. The van der Waals surface area contributed by atoms with E-state index in [0.717, 1.165) is 12.1 Å². The Labute approximate surface area is 98.9 Å². The zero-order valence-electron chi connectivity index (χ0n) is 11.0. The van der Waals surface area contributed by atoms with Crippen molar-refractivity contribution in [1.29, 1.82) is 0 Å². The minimum absolute atomic E-state index is 0.137. The van der Waals surface area contributed by atoms with E-state index in [9.17, 15) is 4.79 Å². The lowest BCUT2D eigenvalue weighted by Crippen LogP contribution is -2.23. The van der Waals surface area contributed by atoms with Gasteiger partial charge in [0.25, 0.3) is 0 Å². The van der Waals surface area contributed by atoms with Crippen molar-refractivity contribution in [2.24, 2.45) is 0 Å². The molecule has 0 atom stereocenters. The fraction of sp³-hybridized carbons (Fsp3) is 0.923. The summed E-state index contributed by atoms with van der Waals surface area (Å²) in [5.41, 5.74) is -0.326. The molecule has 2 saturated heterocycles. The molecular weight excluding hydrogens is 202 g/mol. The van der Waals surface area contributed by atoms with Crippen molar-refractivity contribution < 1.29 is 9.53 Å². The third-order valence-electron chi connectivity index (χ3n) is 2.91. The Morgan fingerprint density at radius 2 is 1.62 bits per heavy atom. The largest absolute Gasteiger partial charge is 0.460 e. The lowest BCUT2D eigenvalue weighted by molar-refractivity contribution is -0.154. The van der Waals surface area contributed by atoms with Gasteiger partial charge in [-0.3, -0.25) is 4.79 Å². The third-order valence-corrected chi connectivity index (χ3v) is 2.91. The van der Waals surface area contributed by atoms with Gasteiger partial charge in [-0.2, -0.15) is 0 Å². The van der Waals surface area contributed by atoms with Crippen LogP contribution in [0.4, 0.5) is 0 Å². The number of carbonyl (C=O) groups excluding carboxylic acids is 1. The molecule has 3 nitrogen and oxygen atoms in total. The van der Waals surface area contributed by atoms with Gasteiger partial charge in [-0.15, -0.1) is 0 Å². The molecule has 0 radical (unpaired) electrons. The second kappa shape index (κ2) is 5.67. The molecule has 0 aromatic carbocycles. The van der Waals surface area contributed by atoms with Gasteiger partial charge < -0.3 is 10.1 Å². The summed E-state index contributed by atoms with van der Waals surface area (Å²) in [5, 5.41) is 3.53. The van der Waals surface area contributed by atoms with E-state index < -0.39 is 0 Å². The Kier molecular flexibility index (Phi) is 4.78. The smallest absolute Gasteiger partial charge is 0.306 e. The molecule has 2 fully saturated rings. The Hall–Kier alpha value is -0.570. The second-order valence-electron chi connectivity index (χ2n) is 5.66. The predicted molar refractivity (Wildman–Crippen MR) is 65.3 cm³/mol. The third kappa shape index (κ3) is 4.97. The monoisotopic (exact) mass is 227 g/mol. The molecule has 0 aliphatic carbocycles. The summed E-state index contributed by atoms with van der Waals surface area (Å²) < 4.78 is 4.95. The quantitative estimate of drug-likeness (QED) is 0.700. The van der Waals surface area contributed by atoms with Gasteiger partial charge in [-0.25, -0.2) is 0 Å². The maximum atomic E-state index is 10.6. The zero-order chi connectivity index (χ0) is 12.2. The van der Waals surface area contributed by atoms with Gasteiger partial charge in [0, 0.05) is 18.5 Å². The molecule has 3 heteroatoms. The minimum Gasteiger partial charge on any atom is -0.460 e. The normalized spacial score (nSPS) is 27.2. The van der Waals surface area contributed by atoms with Crippen molar-refractivity contribution in [3.05, 3.63) is 0 Å². The maximum Gasteiger partial charge on any atom is 0.306 e. The molecule has 2 aliphatic rings. The zero-order valence-corrected chi connectivity index (χ0v) is 11.0. The van der Waals surface area contributed by atoms with Gasteiger partial charge >= 0.3 is 5.97 Å². The van der Waals surface area contributed by atoms with Crippen molar-refractivity contribution in [3.8, 4) is 0 Å². The van der Waals surface area contributed by atoms with E-state index >= 15 is 0 Å². The highest BCUT2D eigenvalue weighted by molar-refractivity contribution is 5.69. The Morgan fingerprint density at radius 1 is 1.19 bits per heavy atom. The Balaban J connectivity index is 0.000000163. The molecule has 94 valence electrons. The Morgan fingerprint density at radius 3 is 1.75 bits per heavy atom. The number of rotatable bonds is 1. The van der Waals surface area contributed by atoms with E-state index in [1.807, 2.05) is 20.8 Å². The molecule has 0 saturated carbocycles. The van der Waals surface area contributed by atoms with Gasteiger partial charge in [0.1, 0.15) is 5.60 Å². The molecular formula is C13H25NO2. The highest BCUT2D eigenvalue weighted by Crippen LogP contribution is 2.26. The molecule has 0 spiro atoms. The molecule has 0 aromatic rings. The molecule has 2 rings (SSSR count). The van der Waals surface area contributed by atoms with Crippen LogP contribution in [0, 0.1) is 0 Å². The van der Waals surface area contributed by atoms with Crippen molar-refractivity contribution in [1.82, 2.24) is 5.32 Å². The van der Waals surface area contributed by atoms with Crippen LogP contribution in [-0.4, -0.2) is 23.7 Å². The van der Waals surface area contributed by atoms with Gasteiger partial charge in [0.05, 0.1) is 0 Å². The van der Waals surface area contributed by atoms with Crippen LogP contribution in [0.5, 0.6) is 0 Å². The van der Waals surface area contributed by atoms with Crippen LogP contribution >= 0.6 is 0 Å². The average Bonchev–Trinajstić information content (AvgIpc) is 2.79. The predicted octanol–water partition coefficient (Wildman–Crippen LogP) is 2.64. The molecule has 2 heterocycles. The van der Waals surface area contributed by atoms with E-state index in [2.05, 4.69) is 5.32 Å². The van der Waals surface area contributed by atoms with Crippen LogP contribution in [0.15, 0.2) is 0 Å². The van der Waals surface area contributed by atoms with Crippen LogP contribution in [-0.2, 0) is 9.53 Å². The van der Waals surface area contributed by atoms with E-state index in [4.69, 9.17) is 4.74 Å². The van der Waals surface area contributed by atoms with Crippen LogP contribution in [0.25, 0.3) is 0 Å². The first kappa shape index (κ1) is 13.5. The maximum absolute atomic E-state index is 10.6. The van der Waals surface area contributed by atoms with E-state index in [-0.39, 0.29) is 11.6 Å². The van der Waals surface area contributed by atoms with Gasteiger partial charge in [0.15, 0.2) is 0 Å². The number of fused-ring (bicyclic) bond motifs is 2. The summed E-state index contributed by atoms with van der Waals surface area (Å²) in [5.74, 6) is -0.137. The topological polar surface area (TPSA) is 38.3 Å². The van der Waals surface area contributed by atoms with E-state index in [0.29, 0.717) is 6.42 Å². The van der Waals surface area contributed by atoms with Crippen LogP contribution in [0.1, 0.15) is 59.8 Å².